The highest BCUT2D eigenvalue weighted by atomic mass is 32.1. The molecule has 12 heteroatoms. The van der Waals surface area contributed by atoms with Gasteiger partial charge in [-0.1, -0.05) is 11.3 Å². The van der Waals surface area contributed by atoms with Crippen LogP contribution in [-0.2, 0) is 16.0 Å². The molecule has 0 amide bonds. The minimum atomic E-state index is 0.160. The van der Waals surface area contributed by atoms with Gasteiger partial charge in [0.05, 0.1) is 30.4 Å². The molecule has 3 aromatic heterocycles. The van der Waals surface area contributed by atoms with Gasteiger partial charge >= 0.3 is 6.01 Å². The maximum Gasteiger partial charge on any atom is 0.317 e. The van der Waals surface area contributed by atoms with Crippen molar-refractivity contribution in [2.24, 2.45) is 5.41 Å². The summed E-state index contributed by atoms with van der Waals surface area (Å²) in [4.78, 5) is 28.3. The van der Waals surface area contributed by atoms with E-state index in [4.69, 9.17) is 14.2 Å². The number of piperazine rings is 1. The highest BCUT2D eigenvalue weighted by Crippen LogP contribution is 2.43. The first-order valence-corrected chi connectivity index (χ1v) is 14.4. The SMILES string of the molecule is COC[C@H]1CN(Cc2cnc(Nc3ncc(-c4ccnc(OC5CCC6(CC5)COC6)n4)s3)nc2)CCN1C. The van der Waals surface area contributed by atoms with E-state index in [2.05, 4.69) is 47.1 Å². The van der Waals surface area contributed by atoms with Crippen molar-refractivity contribution >= 4 is 22.4 Å². The number of ether oxygens (including phenoxy) is 3. The van der Waals surface area contributed by atoms with Crippen LogP contribution in [0.5, 0.6) is 6.01 Å². The van der Waals surface area contributed by atoms with Crippen LogP contribution >= 0.6 is 11.3 Å². The number of hydrogen-bond donors (Lipinski definition) is 1. The summed E-state index contributed by atoms with van der Waals surface area (Å²) < 4.78 is 17.0. The van der Waals surface area contributed by atoms with Crippen LogP contribution in [0.2, 0.25) is 0 Å². The zero-order valence-electron chi connectivity index (χ0n) is 22.6. The van der Waals surface area contributed by atoms with Crippen LogP contribution in [0.4, 0.5) is 11.1 Å². The Balaban J connectivity index is 1.02. The molecule has 0 aromatic carbocycles. The van der Waals surface area contributed by atoms with E-state index in [9.17, 15) is 0 Å². The number of hydrogen-bond acceptors (Lipinski definition) is 12. The molecule has 5 heterocycles. The summed E-state index contributed by atoms with van der Waals surface area (Å²) in [6.07, 6.45) is 11.8. The summed E-state index contributed by atoms with van der Waals surface area (Å²) in [6.45, 7) is 6.37. The normalized spacial score (nSPS) is 22.1. The lowest BCUT2D eigenvalue weighted by Crippen LogP contribution is -2.52. The number of nitrogens with zero attached hydrogens (tertiary/aromatic N) is 7. The Morgan fingerprint density at radius 1 is 1.10 bits per heavy atom. The molecule has 0 unspecified atom stereocenters. The topological polar surface area (TPSA) is 111 Å². The highest BCUT2D eigenvalue weighted by molar-refractivity contribution is 7.18. The van der Waals surface area contributed by atoms with Gasteiger partial charge in [0.1, 0.15) is 6.10 Å². The van der Waals surface area contributed by atoms with Gasteiger partial charge in [-0.3, -0.25) is 9.80 Å². The molecule has 2 aliphatic heterocycles. The Bertz CT molecular complexity index is 1230. The van der Waals surface area contributed by atoms with Gasteiger partial charge in [0.25, 0.3) is 0 Å². The summed E-state index contributed by atoms with van der Waals surface area (Å²) in [7, 11) is 3.92. The second-order valence-corrected chi connectivity index (χ2v) is 12.0. The van der Waals surface area contributed by atoms with Gasteiger partial charge in [0, 0.05) is 75.1 Å². The largest absolute Gasteiger partial charge is 0.460 e. The molecule has 2 saturated heterocycles. The summed E-state index contributed by atoms with van der Waals surface area (Å²) in [5.41, 5.74) is 2.28. The first kappa shape index (κ1) is 26.5. The van der Waals surface area contributed by atoms with E-state index in [1.165, 1.54) is 11.3 Å². The van der Waals surface area contributed by atoms with E-state index in [1.54, 1.807) is 19.5 Å². The van der Waals surface area contributed by atoms with E-state index in [0.717, 1.165) is 87.8 Å². The fourth-order valence-electron chi connectivity index (χ4n) is 5.52. The quantitative estimate of drug-likeness (QED) is 0.422. The Labute approximate surface area is 233 Å². The number of rotatable bonds is 9. The van der Waals surface area contributed by atoms with Gasteiger partial charge < -0.3 is 19.5 Å². The van der Waals surface area contributed by atoms with Gasteiger partial charge in [-0.25, -0.2) is 19.9 Å². The first-order valence-electron chi connectivity index (χ1n) is 13.6. The van der Waals surface area contributed by atoms with Crippen LogP contribution in [-0.4, -0.2) is 100 Å². The minimum Gasteiger partial charge on any atom is -0.460 e. The Kier molecular flexibility index (Phi) is 7.98. The van der Waals surface area contributed by atoms with E-state index < -0.39 is 0 Å². The third-order valence-electron chi connectivity index (χ3n) is 8.02. The van der Waals surface area contributed by atoms with Crippen LogP contribution in [0.25, 0.3) is 10.6 Å². The summed E-state index contributed by atoms with van der Waals surface area (Å²) in [5, 5.41) is 3.93. The molecule has 1 spiro atoms. The van der Waals surface area contributed by atoms with Crippen molar-refractivity contribution in [3.8, 4) is 16.6 Å². The lowest BCUT2D eigenvalue weighted by molar-refractivity contribution is -0.140. The molecule has 3 aromatic rings. The molecule has 6 rings (SSSR count). The number of nitrogens with one attached hydrogen (secondary N) is 1. The zero-order valence-corrected chi connectivity index (χ0v) is 23.4. The monoisotopic (exact) mass is 552 g/mol. The maximum absolute atomic E-state index is 6.14. The summed E-state index contributed by atoms with van der Waals surface area (Å²) in [5.74, 6) is 0.522. The molecule has 1 N–H and O–H groups in total. The van der Waals surface area contributed by atoms with Gasteiger partial charge in [-0.15, -0.1) is 0 Å². The zero-order chi connectivity index (χ0) is 26.7. The van der Waals surface area contributed by atoms with Crippen molar-refractivity contribution < 1.29 is 14.2 Å². The van der Waals surface area contributed by atoms with Crippen LogP contribution < -0.4 is 10.1 Å². The Morgan fingerprint density at radius 2 is 1.92 bits per heavy atom. The van der Waals surface area contributed by atoms with Crippen molar-refractivity contribution in [2.45, 2.75) is 44.4 Å². The second kappa shape index (κ2) is 11.8. The average Bonchev–Trinajstić information content (AvgIpc) is 3.40. The summed E-state index contributed by atoms with van der Waals surface area (Å²) in [6, 6.07) is 2.71. The van der Waals surface area contributed by atoms with Gasteiger partial charge in [-0.05, 0) is 38.8 Å². The number of aromatic nitrogens is 5. The van der Waals surface area contributed by atoms with E-state index >= 15 is 0 Å². The predicted molar refractivity (Wildman–Crippen MR) is 148 cm³/mol. The lowest BCUT2D eigenvalue weighted by Gasteiger charge is -2.45. The Morgan fingerprint density at radius 3 is 2.67 bits per heavy atom. The average molecular weight is 553 g/mol. The van der Waals surface area contributed by atoms with Gasteiger partial charge in [0.15, 0.2) is 5.13 Å². The summed E-state index contributed by atoms with van der Waals surface area (Å²) >= 11 is 1.50. The molecule has 0 bridgehead atoms. The van der Waals surface area contributed by atoms with Crippen LogP contribution in [0.1, 0.15) is 31.2 Å². The third-order valence-corrected chi connectivity index (χ3v) is 8.96. The fraction of sp³-hybridized carbons (Fsp3) is 0.593. The van der Waals surface area contributed by atoms with Crippen LogP contribution in [0, 0.1) is 5.41 Å². The van der Waals surface area contributed by atoms with E-state index in [-0.39, 0.29) is 6.10 Å². The Hall–Kier alpha value is -2.77. The third kappa shape index (κ3) is 6.36. The molecule has 1 saturated carbocycles. The molecule has 1 aliphatic carbocycles. The van der Waals surface area contributed by atoms with Crippen molar-refractivity contribution in [1.82, 2.24) is 34.7 Å². The number of likely N-dealkylation sites (N-methyl/N-ethyl adjacent to an activating group) is 1. The van der Waals surface area contributed by atoms with Gasteiger partial charge in [-0.2, -0.15) is 4.98 Å². The molecule has 39 heavy (non-hydrogen) atoms. The highest BCUT2D eigenvalue weighted by Gasteiger charge is 2.42. The van der Waals surface area contributed by atoms with Gasteiger partial charge in [0.2, 0.25) is 5.95 Å². The predicted octanol–water partition coefficient (Wildman–Crippen LogP) is 3.23. The number of thiazole rings is 1. The molecule has 1 atom stereocenters. The van der Waals surface area contributed by atoms with E-state index in [1.807, 2.05) is 18.5 Å². The van der Waals surface area contributed by atoms with Crippen molar-refractivity contribution in [2.75, 3.05) is 58.9 Å². The first-order chi connectivity index (χ1) is 19.1. The maximum atomic E-state index is 6.14. The smallest absolute Gasteiger partial charge is 0.317 e. The molecule has 3 aliphatic rings. The number of methoxy groups -OCH3 is 1. The molecule has 0 radical (unpaired) electrons. The second-order valence-electron chi connectivity index (χ2n) is 10.9. The minimum absolute atomic E-state index is 0.160. The van der Waals surface area contributed by atoms with Crippen molar-refractivity contribution in [1.29, 1.82) is 0 Å². The standard InChI is InChI=1S/C27H36N8O3S/c1-34-9-10-35(15-20(34)16-36-2)14-19-11-29-24(30-12-19)33-26-31-13-23(39-26)22-5-8-28-25(32-22)38-21-3-6-27(7-4-21)17-37-18-27/h5,8,11-13,20-21H,3-4,6-7,9-10,14-18H2,1-2H3,(H,29,30,31,33)/t20-/m1/s1. The molecule has 11 nitrogen and oxygen atoms in total. The molecular weight excluding hydrogens is 516 g/mol. The number of anilines is 2. The fourth-order valence-corrected chi connectivity index (χ4v) is 6.30. The lowest BCUT2D eigenvalue weighted by atomic mass is 9.72. The van der Waals surface area contributed by atoms with Crippen LogP contribution in [0.15, 0.2) is 30.9 Å². The molecular formula is C27H36N8O3S. The van der Waals surface area contributed by atoms with Crippen molar-refractivity contribution in [3.63, 3.8) is 0 Å². The van der Waals surface area contributed by atoms with Crippen molar-refractivity contribution in [3.05, 3.63) is 36.4 Å². The molecule has 208 valence electrons. The molecule has 3 fully saturated rings. The van der Waals surface area contributed by atoms with Crippen LogP contribution in [0.3, 0.4) is 0 Å². The van der Waals surface area contributed by atoms with E-state index in [0.29, 0.717) is 28.5 Å².